The average molecular weight is 400 g/mol. The Bertz CT molecular complexity index is 1290. The van der Waals surface area contributed by atoms with Gasteiger partial charge in [-0.05, 0) is 30.2 Å². The molecule has 1 heterocycles. The van der Waals surface area contributed by atoms with Crippen LogP contribution in [0.2, 0.25) is 0 Å². The Morgan fingerprint density at radius 1 is 1.10 bits per heavy atom. The number of nitrogens with zero attached hydrogens (tertiary/aromatic N) is 3. The van der Waals surface area contributed by atoms with Crippen molar-refractivity contribution in [1.29, 1.82) is 10.5 Å². The molecule has 0 unspecified atom stereocenters. The van der Waals surface area contributed by atoms with Gasteiger partial charge in [0.1, 0.15) is 0 Å². The van der Waals surface area contributed by atoms with Crippen molar-refractivity contribution >= 4 is 28.5 Å². The first-order valence-electron chi connectivity index (χ1n) is 8.53. The Hall–Kier alpha value is -3.60. The number of fused-ring (bicyclic) bond motifs is 1. The van der Waals surface area contributed by atoms with Gasteiger partial charge in [-0.25, -0.2) is 10.1 Å². The van der Waals surface area contributed by atoms with E-state index < -0.39 is 5.97 Å². The first kappa shape index (κ1) is 22.7. The summed E-state index contributed by atoms with van der Waals surface area (Å²) in [5.74, 6) is -1.33. The molecule has 0 spiro atoms. The van der Waals surface area contributed by atoms with Crippen LogP contribution in [0.15, 0.2) is 59.8 Å². The van der Waals surface area contributed by atoms with E-state index in [4.69, 9.17) is 6.57 Å². The van der Waals surface area contributed by atoms with Gasteiger partial charge >= 0.3 is 29.6 Å². The van der Waals surface area contributed by atoms with Gasteiger partial charge in [-0.1, -0.05) is 42.5 Å². The maximum atomic E-state index is 11.0. The van der Waals surface area contributed by atoms with E-state index in [1.807, 2.05) is 37.3 Å². The molecule has 1 N–H and O–H groups in total. The van der Waals surface area contributed by atoms with Crippen molar-refractivity contribution in [1.82, 2.24) is 4.98 Å². The smallest absolute Gasteiger partial charge is 0.545 e. The van der Waals surface area contributed by atoms with Gasteiger partial charge in [0, 0.05) is 27.7 Å². The van der Waals surface area contributed by atoms with Crippen molar-refractivity contribution in [2.45, 2.75) is 6.92 Å². The number of allylic oxidation sites excluding steroid dienone is 3. The summed E-state index contributed by atoms with van der Waals surface area (Å²) in [6, 6.07) is 17.1. The van der Waals surface area contributed by atoms with Crippen LogP contribution >= 0.6 is 0 Å². The summed E-state index contributed by atoms with van der Waals surface area (Å²) in [6.45, 7) is 9.21. The molecule has 0 atom stereocenters. The van der Waals surface area contributed by atoms with E-state index in [0.717, 1.165) is 22.2 Å². The van der Waals surface area contributed by atoms with Crippen molar-refractivity contribution in [3.05, 3.63) is 93.6 Å². The van der Waals surface area contributed by atoms with Crippen LogP contribution in [-0.4, -0.2) is 11.0 Å². The Kier molecular flexibility index (Phi) is 7.37. The summed E-state index contributed by atoms with van der Waals surface area (Å²) in [4.78, 5) is 17.5. The van der Waals surface area contributed by atoms with Gasteiger partial charge in [0.05, 0.1) is 30.3 Å². The first-order valence-corrected chi connectivity index (χ1v) is 8.53. The molecule has 0 aliphatic carbocycles. The van der Waals surface area contributed by atoms with Crippen molar-refractivity contribution in [3.63, 3.8) is 0 Å². The number of nitriles is 2. The number of H-pyrrole nitrogens is 1. The third-order valence-corrected chi connectivity index (χ3v) is 4.49. The van der Waals surface area contributed by atoms with E-state index in [2.05, 4.69) is 15.9 Å². The van der Waals surface area contributed by atoms with Crippen LogP contribution in [0.5, 0.6) is 0 Å². The molecule has 0 radical (unpaired) electrons. The Morgan fingerprint density at radius 2 is 1.73 bits per heavy atom. The molecule has 0 aliphatic heterocycles. The van der Waals surface area contributed by atoms with E-state index in [9.17, 15) is 20.4 Å². The zero-order valence-electron chi connectivity index (χ0n) is 16.4. The number of hydrogen-bond acceptors (Lipinski definition) is 4. The van der Waals surface area contributed by atoms with Gasteiger partial charge in [0.25, 0.3) is 5.70 Å². The van der Waals surface area contributed by atoms with E-state index >= 15 is 0 Å². The third-order valence-electron chi connectivity index (χ3n) is 4.49. The maximum Gasteiger partial charge on any atom is 1.00 e. The van der Waals surface area contributed by atoms with Crippen LogP contribution in [-0.2, 0) is 0 Å². The molecule has 3 rings (SSSR count). The molecule has 0 fully saturated rings. The fourth-order valence-corrected chi connectivity index (χ4v) is 3.12. The molecule has 0 saturated carbocycles. The van der Waals surface area contributed by atoms with Crippen molar-refractivity contribution in [2.24, 2.45) is 0 Å². The number of aromatic amines is 1. The second-order valence-electron chi connectivity index (χ2n) is 6.19. The Labute approximate surface area is 195 Å². The largest absolute Gasteiger partial charge is 1.00 e. The molecule has 1 aromatic heterocycles. The summed E-state index contributed by atoms with van der Waals surface area (Å²) in [6.07, 6.45) is 1.64. The molecule has 3 aromatic rings. The third kappa shape index (κ3) is 4.35. The van der Waals surface area contributed by atoms with Crippen molar-refractivity contribution in [3.8, 4) is 12.1 Å². The monoisotopic (exact) mass is 400 g/mol. The van der Waals surface area contributed by atoms with Crippen LogP contribution in [0.25, 0.3) is 27.4 Å². The van der Waals surface area contributed by atoms with Crippen LogP contribution in [0.4, 0.5) is 0 Å². The molecule has 0 saturated heterocycles. The van der Waals surface area contributed by atoms with E-state index in [0.29, 0.717) is 5.56 Å². The van der Waals surface area contributed by atoms with E-state index in [-0.39, 0.29) is 52.0 Å². The second kappa shape index (κ2) is 9.74. The molecule has 30 heavy (non-hydrogen) atoms. The van der Waals surface area contributed by atoms with E-state index in [1.54, 1.807) is 6.08 Å². The van der Waals surface area contributed by atoms with Crippen LogP contribution in [0.1, 0.15) is 27.2 Å². The average Bonchev–Trinajstić information content (AvgIpc) is 3.05. The minimum atomic E-state index is -1.33. The van der Waals surface area contributed by atoms with Crippen LogP contribution in [0.3, 0.4) is 0 Å². The molecule has 138 valence electrons. The second-order valence-corrected chi connectivity index (χ2v) is 6.19. The van der Waals surface area contributed by atoms with Crippen LogP contribution < -0.4 is 34.7 Å². The molecular formula is C23H13N4NaO2. The van der Waals surface area contributed by atoms with Gasteiger partial charge in [-0.3, -0.25) is 0 Å². The van der Waals surface area contributed by atoms with Gasteiger partial charge < -0.3 is 14.9 Å². The number of aryl methyl sites for hydroxylation is 1. The summed E-state index contributed by atoms with van der Waals surface area (Å²) < 4.78 is 0. The number of carbonyl (C=O) groups excluding carboxylic acids is 1. The predicted molar refractivity (Wildman–Crippen MR) is 107 cm³/mol. The Balaban J connectivity index is 0.00000320. The SMILES string of the molecule is [C-]#[N+]/C(C#N)=C(/C(C#N)=C/c1c(C)[nH]c2ccccc12)c1ccc(C(=O)[O-])cc1.[Na+]. The fourth-order valence-electron chi connectivity index (χ4n) is 3.12. The minimum Gasteiger partial charge on any atom is -0.545 e. The standard InChI is InChI=1S/C23H14N4O2.Na/c1-14-19(18-5-3-4-6-20(18)27-14)11-17(12-24)22(21(13-25)26-2)15-7-9-16(10-8-15)23(28)29;/h3-11,27H,1H3,(H,28,29);/q;+1/p-1/b17-11+,22-21+;. The minimum absolute atomic E-state index is 0. The van der Waals surface area contributed by atoms with Crippen molar-refractivity contribution in [2.75, 3.05) is 0 Å². The topological polar surface area (TPSA) is 108 Å². The normalized spacial score (nSPS) is 11.5. The number of carboxylic acid groups (broad SMARTS) is 1. The van der Waals surface area contributed by atoms with Gasteiger partial charge in [-0.15, -0.1) is 0 Å². The van der Waals surface area contributed by atoms with Crippen molar-refractivity contribution < 1.29 is 39.5 Å². The fraction of sp³-hybridized carbons (Fsp3) is 0.0435. The number of hydrogen-bond donors (Lipinski definition) is 1. The number of aromatic nitrogens is 1. The van der Waals surface area contributed by atoms with Crippen LogP contribution in [0, 0.1) is 36.2 Å². The molecular weight excluding hydrogens is 387 g/mol. The Morgan fingerprint density at radius 3 is 2.30 bits per heavy atom. The summed E-state index contributed by atoms with van der Waals surface area (Å²) >= 11 is 0. The number of rotatable bonds is 4. The molecule has 0 amide bonds. The van der Waals surface area contributed by atoms with Gasteiger partial charge in [0.2, 0.25) is 0 Å². The maximum absolute atomic E-state index is 11.0. The number of para-hydroxylation sites is 1. The molecule has 7 heteroatoms. The molecule has 2 aromatic carbocycles. The number of carbonyl (C=O) groups is 1. The van der Waals surface area contributed by atoms with Gasteiger partial charge in [-0.2, -0.15) is 5.26 Å². The summed E-state index contributed by atoms with van der Waals surface area (Å²) in [7, 11) is 0. The zero-order chi connectivity index (χ0) is 21.0. The predicted octanol–water partition coefficient (Wildman–Crippen LogP) is 0.605. The molecule has 6 nitrogen and oxygen atoms in total. The number of aromatic carboxylic acids is 1. The van der Waals surface area contributed by atoms with E-state index in [1.165, 1.54) is 24.3 Å². The summed E-state index contributed by atoms with van der Waals surface area (Å²) in [5, 5.41) is 31.2. The first-order chi connectivity index (χ1) is 14.0. The number of benzene rings is 2. The quantitative estimate of drug-likeness (QED) is 0.300. The number of carboxylic acids is 1. The molecule has 0 bridgehead atoms. The zero-order valence-corrected chi connectivity index (χ0v) is 18.4. The summed E-state index contributed by atoms with van der Waals surface area (Å²) in [5.41, 5.74) is 2.91. The molecule has 0 aliphatic rings. The number of nitrogens with one attached hydrogen (secondary N) is 1. The van der Waals surface area contributed by atoms with Gasteiger partial charge in [0.15, 0.2) is 0 Å².